The van der Waals surface area contributed by atoms with Crippen molar-refractivity contribution in [2.45, 2.75) is 50.2 Å². The molecule has 0 aromatic carbocycles. The van der Waals surface area contributed by atoms with Crippen LogP contribution in [-0.4, -0.2) is 27.2 Å². The summed E-state index contributed by atoms with van der Waals surface area (Å²) in [4.78, 5) is 23.0. The van der Waals surface area contributed by atoms with Gasteiger partial charge in [0, 0.05) is 4.88 Å². The molecular formula is C16H19N5OS2. The van der Waals surface area contributed by atoms with E-state index in [1.807, 2.05) is 13.8 Å². The zero-order valence-corrected chi connectivity index (χ0v) is 15.3. The molecule has 0 atom stereocenters. The van der Waals surface area contributed by atoms with E-state index < -0.39 is 5.54 Å². The van der Waals surface area contributed by atoms with E-state index in [4.69, 9.17) is 5.73 Å². The second-order valence-corrected chi connectivity index (χ2v) is 8.24. The Balaban J connectivity index is 1.69. The number of anilines is 1. The molecule has 1 aliphatic carbocycles. The first-order valence-corrected chi connectivity index (χ1v) is 9.62. The van der Waals surface area contributed by atoms with Crippen molar-refractivity contribution in [2.24, 2.45) is 0 Å². The summed E-state index contributed by atoms with van der Waals surface area (Å²) >= 11 is 2.83. The number of nitriles is 1. The Kier molecular flexibility index (Phi) is 4.65. The number of nitrogen functional groups attached to an aromatic ring is 1. The van der Waals surface area contributed by atoms with Crippen molar-refractivity contribution < 1.29 is 4.79 Å². The third-order valence-corrected chi connectivity index (χ3v) is 6.37. The summed E-state index contributed by atoms with van der Waals surface area (Å²) in [5.41, 5.74) is 6.47. The van der Waals surface area contributed by atoms with Crippen molar-refractivity contribution in [3.8, 4) is 6.07 Å². The van der Waals surface area contributed by atoms with Crippen LogP contribution in [0.2, 0.25) is 0 Å². The fourth-order valence-corrected chi connectivity index (χ4v) is 4.75. The number of hydrogen-bond donors (Lipinski definition) is 2. The maximum Gasteiger partial charge on any atom is 0.231 e. The monoisotopic (exact) mass is 361 g/mol. The topological polar surface area (TPSA) is 105 Å². The number of amides is 1. The number of nitrogens with zero attached hydrogens (tertiary/aromatic N) is 3. The van der Waals surface area contributed by atoms with Crippen LogP contribution in [0.4, 0.5) is 5.82 Å². The van der Waals surface area contributed by atoms with E-state index in [1.54, 1.807) is 11.3 Å². The molecule has 2 heterocycles. The number of fused-ring (bicyclic) bond motifs is 1. The van der Waals surface area contributed by atoms with Gasteiger partial charge in [0.1, 0.15) is 16.2 Å². The number of nitrogens with two attached hydrogens (primary N) is 1. The molecule has 0 saturated heterocycles. The van der Waals surface area contributed by atoms with E-state index >= 15 is 0 Å². The van der Waals surface area contributed by atoms with Crippen molar-refractivity contribution in [3.05, 3.63) is 10.4 Å². The molecule has 0 bridgehead atoms. The van der Waals surface area contributed by atoms with E-state index in [0.29, 0.717) is 11.0 Å². The molecular weight excluding hydrogens is 342 g/mol. The van der Waals surface area contributed by atoms with Crippen molar-refractivity contribution in [2.75, 3.05) is 11.5 Å². The van der Waals surface area contributed by atoms with Crippen LogP contribution in [0.5, 0.6) is 0 Å². The zero-order valence-electron chi connectivity index (χ0n) is 13.7. The first kappa shape index (κ1) is 17.0. The van der Waals surface area contributed by atoms with Crippen LogP contribution >= 0.6 is 23.1 Å². The summed E-state index contributed by atoms with van der Waals surface area (Å²) in [5.74, 6) is 0.468. The summed E-state index contributed by atoms with van der Waals surface area (Å²) in [6, 6.07) is 2.26. The Hall–Kier alpha value is -1.85. The Labute approximate surface area is 148 Å². The first-order valence-electron chi connectivity index (χ1n) is 7.82. The number of thiophene rings is 1. The lowest BCUT2D eigenvalue weighted by Gasteiger charge is -2.21. The molecule has 1 fully saturated rings. The van der Waals surface area contributed by atoms with Gasteiger partial charge in [-0.25, -0.2) is 9.97 Å². The molecule has 0 spiro atoms. The van der Waals surface area contributed by atoms with Crippen LogP contribution in [0.25, 0.3) is 10.2 Å². The van der Waals surface area contributed by atoms with E-state index in [9.17, 15) is 10.1 Å². The molecule has 2 aromatic heterocycles. The maximum absolute atomic E-state index is 12.2. The second-order valence-electron chi connectivity index (χ2n) is 6.09. The summed E-state index contributed by atoms with van der Waals surface area (Å²) < 4.78 is 0. The van der Waals surface area contributed by atoms with Gasteiger partial charge in [-0.3, -0.25) is 4.79 Å². The highest BCUT2D eigenvalue weighted by molar-refractivity contribution is 7.99. The van der Waals surface area contributed by atoms with E-state index in [-0.39, 0.29) is 11.7 Å². The van der Waals surface area contributed by atoms with Gasteiger partial charge >= 0.3 is 0 Å². The largest absolute Gasteiger partial charge is 0.383 e. The smallest absolute Gasteiger partial charge is 0.231 e. The van der Waals surface area contributed by atoms with Gasteiger partial charge in [0.2, 0.25) is 5.91 Å². The molecule has 24 heavy (non-hydrogen) atoms. The molecule has 1 aliphatic rings. The van der Waals surface area contributed by atoms with E-state index in [1.165, 1.54) is 16.6 Å². The van der Waals surface area contributed by atoms with Gasteiger partial charge in [-0.2, -0.15) is 5.26 Å². The molecule has 3 rings (SSSR count). The number of rotatable bonds is 4. The highest BCUT2D eigenvalue weighted by Crippen LogP contribution is 2.33. The second kappa shape index (κ2) is 6.57. The van der Waals surface area contributed by atoms with Crippen molar-refractivity contribution >= 4 is 45.0 Å². The lowest BCUT2D eigenvalue weighted by Crippen LogP contribution is -2.45. The van der Waals surface area contributed by atoms with Crippen LogP contribution < -0.4 is 11.1 Å². The number of aryl methyl sites for hydroxylation is 2. The van der Waals surface area contributed by atoms with Crippen LogP contribution in [-0.2, 0) is 4.79 Å². The van der Waals surface area contributed by atoms with Crippen molar-refractivity contribution in [1.29, 1.82) is 5.26 Å². The minimum absolute atomic E-state index is 0.163. The maximum atomic E-state index is 12.2. The quantitative estimate of drug-likeness (QED) is 0.641. The van der Waals surface area contributed by atoms with Crippen molar-refractivity contribution in [1.82, 2.24) is 15.3 Å². The van der Waals surface area contributed by atoms with Gasteiger partial charge in [0.15, 0.2) is 5.16 Å². The number of hydrogen-bond acceptors (Lipinski definition) is 7. The van der Waals surface area contributed by atoms with Crippen LogP contribution in [0, 0.1) is 25.2 Å². The van der Waals surface area contributed by atoms with E-state index in [0.717, 1.165) is 41.5 Å². The molecule has 2 aromatic rings. The summed E-state index contributed by atoms with van der Waals surface area (Å²) in [7, 11) is 0. The van der Waals surface area contributed by atoms with Crippen LogP contribution in [0.15, 0.2) is 5.16 Å². The Bertz CT molecular complexity index is 833. The Morgan fingerprint density at radius 1 is 1.42 bits per heavy atom. The molecule has 3 N–H and O–H groups in total. The SMILES string of the molecule is Cc1sc2nc(SCC(=O)NC3(C#N)CCCC3)nc(N)c2c1C. The molecule has 0 aliphatic heterocycles. The fraction of sp³-hybridized carbons (Fsp3) is 0.500. The summed E-state index contributed by atoms with van der Waals surface area (Å²) in [6.45, 7) is 4.04. The molecule has 0 radical (unpaired) electrons. The molecule has 1 amide bonds. The van der Waals surface area contributed by atoms with Crippen LogP contribution in [0.1, 0.15) is 36.1 Å². The first-order chi connectivity index (χ1) is 11.4. The molecule has 0 unspecified atom stereocenters. The minimum atomic E-state index is -0.691. The van der Waals surface area contributed by atoms with Gasteiger partial charge in [-0.1, -0.05) is 11.8 Å². The number of nitrogens with one attached hydrogen (secondary N) is 1. The average molecular weight is 361 g/mol. The van der Waals surface area contributed by atoms with Gasteiger partial charge in [-0.15, -0.1) is 11.3 Å². The van der Waals surface area contributed by atoms with E-state index in [2.05, 4.69) is 21.4 Å². The van der Waals surface area contributed by atoms with Crippen molar-refractivity contribution in [3.63, 3.8) is 0 Å². The standard InChI is InChI=1S/C16H19N5OS2/c1-9-10(2)24-14-12(9)13(18)19-15(20-14)23-7-11(22)21-16(8-17)5-3-4-6-16/h3-7H2,1-2H3,(H,21,22)(H2,18,19,20). The minimum Gasteiger partial charge on any atom is -0.383 e. The van der Waals surface area contributed by atoms with Gasteiger partial charge in [-0.05, 0) is 45.1 Å². The number of carbonyl (C=O) groups is 1. The predicted octanol–water partition coefficient (Wildman–Crippen LogP) is 2.94. The number of thioether (sulfide) groups is 1. The summed E-state index contributed by atoms with van der Waals surface area (Å²) in [6.07, 6.45) is 3.41. The van der Waals surface area contributed by atoms with Gasteiger partial charge in [0.25, 0.3) is 0 Å². The lowest BCUT2D eigenvalue weighted by molar-refractivity contribution is -0.119. The Morgan fingerprint density at radius 3 is 2.79 bits per heavy atom. The highest BCUT2D eigenvalue weighted by atomic mass is 32.2. The number of carbonyl (C=O) groups excluding carboxylic acids is 1. The van der Waals surface area contributed by atoms with Crippen LogP contribution in [0.3, 0.4) is 0 Å². The predicted molar refractivity (Wildman–Crippen MR) is 97.0 cm³/mol. The Morgan fingerprint density at radius 2 is 2.12 bits per heavy atom. The lowest BCUT2D eigenvalue weighted by atomic mass is 10.0. The van der Waals surface area contributed by atoms with Gasteiger partial charge < -0.3 is 11.1 Å². The average Bonchev–Trinajstić information content (AvgIpc) is 3.11. The molecule has 126 valence electrons. The number of aromatic nitrogens is 2. The third kappa shape index (κ3) is 3.19. The third-order valence-electron chi connectivity index (χ3n) is 4.42. The molecule has 8 heteroatoms. The van der Waals surface area contributed by atoms with Gasteiger partial charge in [0.05, 0.1) is 17.2 Å². The summed E-state index contributed by atoms with van der Waals surface area (Å²) in [5, 5.41) is 13.6. The normalized spacial score (nSPS) is 16.2. The molecule has 1 saturated carbocycles. The zero-order chi connectivity index (χ0) is 17.3. The fourth-order valence-electron chi connectivity index (χ4n) is 3.00. The highest BCUT2D eigenvalue weighted by Gasteiger charge is 2.35. The molecule has 6 nitrogen and oxygen atoms in total.